The first-order chi connectivity index (χ1) is 9.72. The lowest BCUT2D eigenvalue weighted by molar-refractivity contribution is -0.386. The average molecular weight is 298 g/mol. The van der Waals surface area contributed by atoms with Crippen LogP contribution in [-0.4, -0.2) is 38.4 Å². The number of nitro groups is 1. The Morgan fingerprint density at radius 3 is 2.57 bits per heavy atom. The molecule has 21 heavy (non-hydrogen) atoms. The second kappa shape index (κ2) is 7.16. The van der Waals surface area contributed by atoms with Crippen molar-refractivity contribution in [3.63, 3.8) is 0 Å². The van der Waals surface area contributed by atoms with E-state index in [2.05, 4.69) is 10.4 Å². The van der Waals surface area contributed by atoms with Gasteiger partial charge in [0.25, 0.3) is 0 Å². The molecule has 1 amide bonds. The number of hydrogen-bond donors (Lipinski definition) is 2. The smallest absolute Gasteiger partial charge is 0.312 e. The lowest BCUT2D eigenvalue weighted by Gasteiger charge is -2.14. The molecule has 0 bridgehead atoms. The van der Waals surface area contributed by atoms with Crippen molar-refractivity contribution in [2.24, 2.45) is 5.92 Å². The number of aliphatic hydroxyl groups excluding tert-OH is 1. The molecule has 1 aromatic heterocycles. The van der Waals surface area contributed by atoms with Crippen molar-refractivity contribution in [3.8, 4) is 0 Å². The highest BCUT2D eigenvalue weighted by molar-refractivity contribution is 5.75. The minimum Gasteiger partial charge on any atom is -0.393 e. The first-order valence-electron chi connectivity index (χ1n) is 6.85. The summed E-state index contributed by atoms with van der Waals surface area (Å²) in [6.45, 7) is 7.15. The monoisotopic (exact) mass is 298 g/mol. The van der Waals surface area contributed by atoms with Gasteiger partial charge in [-0.1, -0.05) is 6.92 Å². The van der Waals surface area contributed by atoms with Gasteiger partial charge in [-0.15, -0.1) is 0 Å². The average Bonchev–Trinajstić information content (AvgIpc) is 2.61. The Hall–Kier alpha value is -1.96. The van der Waals surface area contributed by atoms with Crippen LogP contribution < -0.4 is 5.32 Å². The second-order valence-corrected chi connectivity index (χ2v) is 5.43. The van der Waals surface area contributed by atoms with Crippen LogP contribution in [0.3, 0.4) is 0 Å². The van der Waals surface area contributed by atoms with Crippen molar-refractivity contribution in [1.29, 1.82) is 0 Å². The number of hydrogen-bond acceptors (Lipinski definition) is 5. The first kappa shape index (κ1) is 17.1. The number of nitrogens with zero attached hydrogens (tertiary/aromatic N) is 3. The van der Waals surface area contributed by atoms with E-state index in [-0.39, 0.29) is 24.1 Å². The van der Waals surface area contributed by atoms with Crippen molar-refractivity contribution in [1.82, 2.24) is 15.1 Å². The molecular weight excluding hydrogens is 276 g/mol. The molecule has 0 aliphatic rings. The summed E-state index contributed by atoms with van der Waals surface area (Å²) in [6, 6.07) is 0. The number of amides is 1. The van der Waals surface area contributed by atoms with E-state index < -0.39 is 11.0 Å². The molecule has 0 saturated carbocycles. The number of carbonyl (C=O) groups is 1. The largest absolute Gasteiger partial charge is 0.393 e. The van der Waals surface area contributed by atoms with Gasteiger partial charge in [0.2, 0.25) is 5.91 Å². The van der Waals surface area contributed by atoms with Crippen LogP contribution in [0.4, 0.5) is 5.69 Å². The highest BCUT2D eigenvalue weighted by atomic mass is 16.6. The molecule has 0 radical (unpaired) electrons. The number of aliphatic hydroxyl groups is 1. The fourth-order valence-corrected chi connectivity index (χ4v) is 2.25. The lowest BCUT2D eigenvalue weighted by Crippen LogP contribution is -2.32. The van der Waals surface area contributed by atoms with E-state index in [9.17, 15) is 20.0 Å². The molecule has 0 aliphatic heterocycles. The molecule has 1 rings (SSSR count). The number of nitrogens with one attached hydrogen (secondary N) is 1. The number of aromatic nitrogens is 2. The number of carbonyl (C=O) groups excluding carboxylic acids is 1. The summed E-state index contributed by atoms with van der Waals surface area (Å²) in [5, 5.41) is 26.9. The molecule has 0 fully saturated rings. The van der Waals surface area contributed by atoms with E-state index >= 15 is 0 Å². The highest BCUT2D eigenvalue weighted by Crippen LogP contribution is 2.21. The Morgan fingerprint density at radius 1 is 1.48 bits per heavy atom. The minimum absolute atomic E-state index is 0.0507. The molecule has 0 spiro atoms. The van der Waals surface area contributed by atoms with Crippen LogP contribution in [0.2, 0.25) is 0 Å². The van der Waals surface area contributed by atoms with Gasteiger partial charge in [-0.05, 0) is 33.1 Å². The molecule has 8 nitrogen and oxygen atoms in total. The quantitative estimate of drug-likeness (QED) is 0.574. The fraction of sp³-hybridized carbons (Fsp3) is 0.692. The topological polar surface area (TPSA) is 110 Å². The summed E-state index contributed by atoms with van der Waals surface area (Å²) < 4.78 is 1.34. The van der Waals surface area contributed by atoms with Crippen LogP contribution >= 0.6 is 0 Å². The predicted molar refractivity (Wildman–Crippen MR) is 76.8 cm³/mol. The minimum atomic E-state index is -0.489. The molecule has 2 atom stereocenters. The zero-order chi connectivity index (χ0) is 16.2. The zero-order valence-corrected chi connectivity index (χ0v) is 12.8. The third kappa shape index (κ3) is 4.82. The third-order valence-electron chi connectivity index (χ3n) is 3.21. The molecule has 1 heterocycles. The zero-order valence-electron chi connectivity index (χ0n) is 12.8. The van der Waals surface area contributed by atoms with Crippen LogP contribution in [0.1, 0.15) is 31.7 Å². The number of rotatable bonds is 7. The van der Waals surface area contributed by atoms with Crippen molar-refractivity contribution in [2.75, 3.05) is 6.54 Å². The molecule has 2 N–H and O–H groups in total. The van der Waals surface area contributed by atoms with Crippen LogP contribution in [0.5, 0.6) is 0 Å². The normalized spacial score (nSPS) is 13.8. The number of aryl methyl sites for hydroxylation is 1. The molecule has 118 valence electrons. The Morgan fingerprint density at radius 2 is 2.10 bits per heavy atom. The maximum Gasteiger partial charge on any atom is 0.312 e. The Kier molecular flexibility index (Phi) is 5.83. The van der Waals surface area contributed by atoms with Gasteiger partial charge in [-0.3, -0.25) is 19.6 Å². The van der Waals surface area contributed by atoms with Crippen molar-refractivity contribution < 1.29 is 14.8 Å². The molecule has 1 aromatic rings. The van der Waals surface area contributed by atoms with Crippen LogP contribution in [0.25, 0.3) is 0 Å². The van der Waals surface area contributed by atoms with Crippen LogP contribution in [0, 0.1) is 29.9 Å². The van der Waals surface area contributed by atoms with Crippen molar-refractivity contribution in [2.45, 2.75) is 46.8 Å². The van der Waals surface area contributed by atoms with Crippen molar-refractivity contribution in [3.05, 3.63) is 21.5 Å². The lowest BCUT2D eigenvalue weighted by atomic mass is 10.1. The van der Waals surface area contributed by atoms with Gasteiger partial charge >= 0.3 is 5.69 Å². The van der Waals surface area contributed by atoms with Gasteiger partial charge in [0.15, 0.2) is 0 Å². The Balaban J connectivity index is 2.60. The predicted octanol–water partition coefficient (Wildman–Crippen LogP) is 0.931. The summed E-state index contributed by atoms with van der Waals surface area (Å²) in [5.41, 5.74) is 0.614. The van der Waals surface area contributed by atoms with E-state index in [1.54, 1.807) is 20.8 Å². The van der Waals surface area contributed by atoms with Gasteiger partial charge in [0.05, 0.1) is 11.0 Å². The van der Waals surface area contributed by atoms with Gasteiger partial charge in [-0.25, -0.2) is 0 Å². The van der Waals surface area contributed by atoms with Gasteiger partial charge in [0.1, 0.15) is 17.9 Å². The Bertz CT molecular complexity index is 524. The molecule has 0 aromatic carbocycles. The maximum absolute atomic E-state index is 11.8. The summed E-state index contributed by atoms with van der Waals surface area (Å²) >= 11 is 0. The van der Waals surface area contributed by atoms with E-state index in [4.69, 9.17) is 0 Å². The van der Waals surface area contributed by atoms with Crippen LogP contribution in [-0.2, 0) is 11.3 Å². The van der Waals surface area contributed by atoms with Crippen LogP contribution in [0.15, 0.2) is 0 Å². The van der Waals surface area contributed by atoms with E-state index in [0.29, 0.717) is 24.4 Å². The van der Waals surface area contributed by atoms with Crippen molar-refractivity contribution >= 4 is 11.6 Å². The van der Waals surface area contributed by atoms with E-state index in [0.717, 1.165) is 0 Å². The third-order valence-corrected chi connectivity index (χ3v) is 3.21. The molecule has 8 heteroatoms. The first-order valence-corrected chi connectivity index (χ1v) is 6.85. The standard InChI is InChI=1S/C13H22N4O4/c1-8(5-9(2)18)6-14-12(19)7-16-11(4)13(17(20)21)10(3)15-16/h8-9,18H,5-7H2,1-4H3,(H,14,19). The maximum atomic E-state index is 11.8. The Labute approximate surface area is 123 Å². The fourth-order valence-electron chi connectivity index (χ4n) is 2.25. The second-order valence-electron chi connectivity index (χ2n) is 5.43. The van der Waals surface area contributed by atoms with Gasteiger partial charge in [0, 0.05) is 6.54 Å². The molecular formula is C13H22N4O4. The summed E-state index contributed by atoms with van der Waals surface area (Å²) in [6.07, 6.45) is 0.196. The highest BCUT2D eigenvalue weighted by Gasteiger charge is 2.22. The molecule has 2 unspecified atom stereocenters. The van der Waals surface area contributed by atoms with E-state index in [1.165, 1.54) is 4.68 Å². The summed E-state index contributed by atoms with van der Waals surface area (Å²) in [5.74, 6) is -0.100. The summed E-state index contributed by atoms with van der Waals surface area (Å²) in [7, 11) is 0. The van der Waals surface area contributed by atoms with Gasteiger partial charge in [-0.2, -0.15) is 5.10 Å². The molecule has 0 saturated heterocycles. The summed E-state index contributed by atoms with van der Waals surface area (Å²) in [4.78, 5) is 22.2. The SMILES string of the molecule is Cc1nn(CC(=O)NCC(C)CC(C)O)c(C)c1[N+](=O)[O-]. The van der Waals surface area contributed by atoms with Gasteiger partial charge < -0.3 is 10.4 Å². The molecule has 0 aliphatic carbocycles. The van der Waals surface area contributed by atoms with E-state index in [1.807, 2.05) is 6.92 Å².